The molecule has 2 saturated heterocycles. The molecule has 3 aromatic rings. The molecule has 1 unspecified atom stereocenters. The molecule has 0 N–H and O–H groups in total. The van der Waals surface area contributed by atoms with Gasteiger partial charge in [-0.3, -0.25) is 4.79 Å². The molecule has 2 aliphatic rings. The van der Waals surface area contributed by atoms with Gasteiger partial charge in [-0.05, 0) is 65.7 Å². The monoisotopic (exact) mass is 611 g/mol. The maximum absolute atomic E-state index is 15.0. The lowest BCUT2D eigenvalue weighted by atomic mass is 10.0. The molecule has 2 fully saturated rings. The van der Waals surface area contributed by atoms with Gasteiger partial charge in [0.25, 0.3) is 5.91 Å². The van der Waals surface area contributed by atoms with Crippen molar-refractivity contribution >= 4 is 40.3 Å². The zero-order valence-electron chi connectivity index (χ0n) is 25.6. The number of likely N-dealkylation sites (tertiary alicyclic amines) is 1. The van der Waals surface area contributed by atoms with Crippen LogP contribution < -0.4 is 4.90 Å². The molecule has 1 aromatic carbocycles. The Morgan fingerprint density at radius 1 is 1.05 bits per heavy atom. The molecule has 0 radical (unpaired) electrons. The minimum absolute atomic E-state index is 0.0480. The number of aromatic nitrogens is 2. The van der Waals surface area contributed by atoms with Crippen molar-refractivity contribution in [1.29, 1.82) is 0 Å². The summed E-state index contributed by atoms with van der Waals surface area (Å²) in [4.78, 5) is 42.5. The number of methoxy groups -OCH3 is 1. The summed E-state index contributed by atoms with van der Waals surface area (Å²) in [6, 6.07) is 8.12. The van der Waals surface area contributed by atoms with Crippen LogP contribution in [0.5, 0.6) is 0 Å². The first kappa shape index (κ1) is 30.9. The predicted octanol–water partition coefficient (Wildman–Crippen LogP) is 6.31. The van der Waals surface area contributed by atoms with Crippen LogP contribution in [0.3, 0.4) is 0 Å². The van der Waals surface area contributed by atoms with Crippen molar-refractivity contribution in [2.45, 2.75) is 71.8 Å². The van der Waals surface area contributed by atoms with Gasteiger partial charge in [-0.15, -0.1) is 0 Å². The third-order valence-corrected chi connectivity index (χ3v) is 8.31. The number of hydrogen-bond acceptors (Lipinski definition) is 7. The number of carbonyl (C=O) groups is 2. The second-order valence-corrected chi connectivity index (χ2v) is 12.7. The SMILES string of the molecule is COCc1nc(N2CCN(C(=O)OC(C)(C)C)CC2)c2cc(Cl)c(-c3ccccc3F)nc2c1C(=O)N1C(C)CC[C@@H]1C. The molecular formula is C32H39ClFN5O4. The van der Waals surface area contributed by atoms with E-state index in [0.717, 1.165) is 12.8 Å². The number of fused-ring (bicyclic) bond motifs is 1. The van der Waals surface area contributed by atoms with Gasteiger partial charge >= 0.3 is 6.09 Å². The van der Waals surface area contributed by atoms with E-state index in [2.05, 4.69) is 4.90 Å². The number of benzene rings is 1. The van der Waals surface area contributed by atoms with Crippen LogP contribution in [0.25, 0.3) is 22.2 Å². The van der Waals surface area contributed by atoms with Gasteiger partial charge in [-0.25, -0.2) is 19.2 Å². The minimum Gasteiger partial charge on any atom is -0.444 e. The average Bonchev–Trinajstić information content (AvgIpc) is 3.29. The Hall–Kier alpha value is -3.50. The molecule has 2 atom stereocenters. The van der Waals surface area contributed by atoms with E-state index >= 15 is 0 Å². The van der Waals surface area contributed by atoms with Crippen LogP contribution in [0.15, 0.2) is 30.3 Å². The van der Waals surface area contributed by atoms with E-state index in [4.69, 9.17) is 31.0 Å². The Morgan fingerprint density at radius 2 is 1.70 bits per heavy atom. The molecule has 0 aliphatic carbocycles. The quantitative estimate of drug-likeness (QED) is 0.334. The number of pyridine rings is 2. The second kappa shape index (κ2) is 12.2. The van der Waals surface area contributed by atoms with Crippen molar-refractivity contribution in [3.8, 4) is 11.3 Å². The number of piperazine rings is 1. The lowest BCUT2D eigenvalue weighted by Crippen LogP contribution is -2.50. The Kier molecular flexibility index (Phi) is 8.81. The highest BCUT2D eigenvalue weighted by molar-refractivity contribution is 6.34. The molecule has 11 heteroatoms. The molecule has 43 heavy (non-hydrogen) atoms. The Labute approximate surface area is 256 Å². The summed E-state index contributed by atoms with van der Waals surface area (Å²) >= 11 is 6.79. The molecule has 4 heterocycles. The average molecular weight is 612 g/mol. The van der Waals surface area contributed by atoms with Gasteiger partial charge < -0.3 is 24.2 Å². The number of carbonyl (C=O) groups excluding carboxylic acids is 2. The van der Waals surface area contributed by atoms with E-state index in [1.165, 1.54) is 6.07 Å². The van der Waals surface area contributed by atoms with Crippen molar-refractivity contribution in [2.24, 2.45) is 0 Å². The van der Waals surface area contributed by atoms with Gasteiger partial charge in [0.2, 0.25) is 0 Å². The number of rotatable bonds is 5. The van der Waals surface area contributed by atoms with Crippen LogP contribution in [-0.2, 0) is 16.1 Å². The first-order valence-electron chi connectivity index (χ1n) is 14.7. The Balaban J connectivity index is 1.65. The summed E-state index contributed by atoms with van der Waals surface area (Å²) in [5.74, 6) is -0.0623. The summed E-state index contributed by atoms with van der Waals surface area (Å²) in [5.41, 5.74) is 1.08. The Bertz CT molecular complexity index is 1530. The fourth-order valence-corrected chi connectivity index (χ4v) is 6.18. The van der Waals surface area contributed by atoms with E-state index in [1.54, 1.807) is 36.3 Å². The predicted molar refractivity (Wildman–Crippen MR) is 165 cm³/mol. The zero-order chi connectivity index (χ0) is 31.1. The zero-order valence-corrected chi connectivity index (χ0v) is 26.4. The topological polar surface area (TPSA) is 88.1 Å². The summed E-state index contributed by atoms with van der Waals surface area (Å²) in [6.45, 7) is 11.5. The largest absolute Gasteiger partial charge is 0.444 e. The van der Waals surface area contributed by atoms with E-state index in [9.17, 15) is 14.0 Å². The number of halogens is 2. The van der Waals surface area contributed by atoms with Crippen LogP contribution in [0, 0.1) is 5.82 Å². The highest BCUT2D eigenvalue weighted by atomic mass is 35.5. The Morgan fingerprint density at radius 3 is 2.30 bits per heavy atom. The summed E-state index contributed by atoms with van der Waals surface area (Å²) in [5, 5.41) is 0.826. The molecule has 0 spiro atoms. The van der Waals surface area contributed by atoms with E-state index < -0.39 is 11.4 Å². The number of amides is 2. The lowest BCUT2D eigenvalue weighted by molar-refractivity contribution is 0.0240. The van der Waals surface area contributed by atoms with Crippen molar-refractivity contribution in [1.82, 2.24) is 19.8 Å². The van der Waals surface area contributed by atoms with E-state index in [1.807, 2.05) is 39.5 Å². The summed E-state index contributed by atoms with van der Waals surface area (Å²) < 4.78 is 26.1. The maximum atomic E-state index is 15.0. The second-order valence-electron chi connectivity index (χ2n) is 12.3. The number of nitrogens with zero attached hydrogens (tertiary/aromatic N) is 5. The molecule has 2 aliphatic heterocycles. The van der Waals surface area contributed by atoms with Crippen LogP contribution >= 0.6 is 11.6 Å². The van der Waals surface area contributed by atoms with Crippen LogP contribution in [0.4, 0.5) is 15.0 Å². The first-order chi connectivity index (χ1) is 20.4. The standard InChI is InChI=1S/C32H39ClFN5O4/c1-19-11-12-20(2)39(19)30(40)26-25(18-42-6)35-29(37-13-15-38(16-14-37)31(41)43-32(3,4)5)22-17-23(33)27(36-28(22)26)21-9-7-8-10-24(21)34/h7-10,17,19-20H,11-16,18H2,1-6H3/t19-,20?/m0/s1. The van der Waals surface area contributed by atoms with Crippen LogP contribution in [0.1, 0.15) is 63.5 Å². The molecule has 9 nitrogen and oxygen atoms in total. The maximum Gasteiger partial charge on any atom is 0.410 e. The molecule has 5 rings (SSSR count). The third kappa shape index (κ3) is 6.26. The van der Waals surface area contributed by atoms with Crippen LogP contribution in [-0.4, -0.2) is 82.7 Å². The van der Waals surface area contributed by atoms with Gasteiger partial charge in [0, 0.05) is 56.3 Å². The third-order valence-electron chi connectivity index (χ3n) is 8.02. The molecular weight excluding hydrogens is 573 g/mol. The lowest BCUT2D eigenvalue weighted by Gasteiger charge is -2.37. The van der Waals surface area contributed by atoms with Crippen LogP contribution in [0.2, 0.25) is 5.02 Å². The van der Waals surface area contributed by atoms with Gasteiger partial charge in [-0.1, -0.05) is 23.7 Å². The highest BCUT2D eigenvalue weighted by Gasteiger charge is 2.36. The number of ether oxygens (including phenoxy) is 2. The molecule has 2 aromatic heterocycles. The van der Waals surface area contributed by atoms with E-state index in [-0.39, 0.29) is 47.0 Å². The van der Waals surface area contributed by atoms with Gasteiger partial charge in [-0.2, -0.15) is 0 Å². The fourth-order valence-electron chi connectivity index (χ4n) is 5.93. The number of anilines is 1. The molecule has 0 saturated carbocycles. The van der Waals surface area contributed by atoms with Gasteiger partial charge in [0.1, 0.15) is 17.2 Å². The summed E-state index contributed by atoms with van der Waals surface area (Å²) in [6.07, 6.45) is 1.44. The summed E-state index contributed by atoms with van der Waals surface area (Å²) in [7, 11) is 1.56. The van der Waals surface area contributed by atoms with E-state index in [0.29, 0.717) is 54.2 Å². The van der Waals surface area contributed by atoms with Gasteiger partial charge in [0.15, 0.2) is 0 Å². The highest BCUT2D eigenvalue weighted by Crippen LogP contribution is 2.38. The molecule has 2 amide bonds. The first-order valence-corrected chi connectivity index (χ1v) is 15.1. The normalized spacial score (nSPS) is 19.3. The minimum atomic E-state index is -0.591. The van der Waals surface area contributed by atoms with Crippen molar-refractivity contribution < 1.29 is 23.5 Å². The van der Waals surface area contributed by atoms with Crippen molar-refractivity contribution in [3.63, 3.8) is 0 Å². The fraction of sp³-hybridized carbons (Fsp3) is 0.500. The molecule has 230 valence electrons. The van der Waals surface area contributed by atoms with Crippen molar-refractivity contribution in [3.05, 3.63) is 52.4 Å². The molecule has 0 bridgehead atoms. The van der Waals surface area contributed by atoms with Gasteiger partial charge in [0.05, 0.1) is 34.1 Å². The number of hydrogen-bond donors (Lipinski definition) is 0. The van der Waals surface area contributed by atoms with Crippen molar-refractivity contribution in [2.75, 3.05) is 38.2 Å². The smallest absolute Gasteiger partial charge is 0.410 e.